The van der Waals surface area contributed by atoms with Gasteiger partial charge in [-0.3, -0.25) is 0 Å². The molecule has 38 heavy (non-hydrogen) atoms. The highest BCUT2D eigenvalue weighted by molar-refractivity contribution is 7.13. The highest BCUT2D eigenvalue weighted by atomic mass is 35.5. The van der Waals surface area contributed by atoms with Crippen LogP contribution in [-0.4, -0.2) is 44.8 Å². The van der Waals surface area contributed by atoms with Crippen molar-refractivity contribution in [2.75, 3.05) is 18.0 Å². The van der Waals surface area contributed by atoms with E-state index in [1.165, 1.54) is 11.5 Å². The molecular weight excluding hydrogens is 547 g/mol. The number of carbonyl (C=O) groups is 1. The van der Waals surface area contributed by atoms with Crippen LogP contribution in [0.2, 0.25) is 10.0 Å². The van der Waals surface area contributed by atoms with Crippen LogP contribution in [0.1, 0.15) is 53.4 Å². The average Bonchev–Trinajstić information content (AvgIpc) is 3.20. The van der Waals surface area contributed by atoms with E-state index < -0.39 is 5.97 Å². The van der Waals surface area contributed by atoms with Crippen LogP contribution < -0.4 is 4.90 Å². The first-order chi connectivity index (χ1) is 18.5. The summed E-state index contributed by atoms with van der Waals surface area (Å²) in [4.78, 5) is 18.2. The summed E-state index contributed by atoms with van der Waals surface area (Å²) in [5.74, 6) is 2.20. The van der Waals surface area contributed by atoms with Gasteiger partial charge in [0.2, 0.25) is 0 Å². The second-order valence-corrected chi connectivity index (χ2v) is 12.1. The predicted octanol–water partition coefficient (Wildman–Crippen LogP) is 6.66. The lowest BCUT2D eigenvalue weighted by atomic mass is 10.0. The van der Waals surface area contributed by atoms with E-state index in [2.05, 4.69) is 19.4 Å². The number of ether oxygens (including phenoxy) is 1. The number of nitrogens with zero attached hydrogens (tertiary/aromatic N) is 4. The topological polar surface area (TPSA) is 102 Å². The number of carboxylic acid groups (broad SMARTS) is 1. The Morgan fingerprint density at radius 3 is 2.61 bits per heavy atom. The number of hydrogen-bond donors (Lipinski definition) is 1. The molecule has 0 spiro atoms. The number of fused-ring (bicyclic) bond motifs is 2. The van der Waals surface area contributed by atoms with Crippen molar-refractivity contribution in [1.82, 2.24) is 14.5 Å². The molecule has 1 aromatic carbocycles. The fourth-order valence-corrected chi connectivity index (χ4v) is 7.32. The molecule has 1 aliphatic heterocycles. The van der Waals surface area contributed by atoms with Crippen molar-refractivity contribution in [2.45, 2.75) is 44.3 Å². The third-order valence-electron chi connectivity index (χ3n) is 8.01. The first-order valence-electron chi connectivity index (χ1n) is 12.7. The summed E-state index contributed by atoms with van der Waals surface area (Å²) in [6.45, 7) is 2.25. The molecule has 3 atom stereocenters. The smallest absolute Gasteiger partial charge is 0.356 e. The van der Waals surface area contributed by atoms with Gasteiger partial charge >= 0.3 is 5.97 Å². The van der Waals surface area contributed by atoms with Crippen LogP contribution in [0.5, 0.6) is 0 Å². The van der Waals surface area contributed by atoms with E-state index in [9.17, 15) is 9.90 Å². The number of aromatic nitrogens is 3. The minimum Gasteiger partial charge on any atom is -0.476 e. The quantitative estimate of drug-likeness (QED) is 0.263. The molecule has 3 aromatic heterocycles. The Labute approximate surface area is 232 Å². The van der Waals surface area contributed by atoms with Gasteiger partial charge in [-0.2, -0.15) is 4.37 Å². The second-order valence-electron chi connectivity index (χ2n) is 10.4. The minimum atomic E-state index is -1.02. The van der Waals surface area contributed by atoms with E-state index in [-0.39, 0.29) is 11.8 Å². The molecule has 0 unspecified atom stereocenters. The van der Waals surface area contributed by atoms with Crippen LogP contribution in [0.3, 0.4) is 0 Å². The number of hydrogen-bond acceptors (Lipinski definition) is 8. The Morgan fingerprint density at radius 1 is 1.18 bits per heavy atom. The Morgan fingerprint density at radius 2 is 1.92 bits per heavy atom. The summed E-state index contributed by atoms with van der Waals surface area (Å²) >= 11 is 14.2. The van der Waals surface area contributed by atoms with Crippen molar-refractivity contribution in [1.29, 1.82) is 0 Å². The van der Waals surface area contributed by atoms with Crippen LogP contribution in [0, 0.1) is 11.8 Å². The van der Waals surface area contributed by atoms with Crippen molar-refractivity contribution in [3.8, 4) is 11.3 Å². The van der Waals surface area contributed by atoms with Crippen molar-refractivity contribution in [3.05, 3.63) is 57.5 Å². The molecular formula is C27H24Cl2N4O4S. The number of benzene rings is 1. The molecule has 0 amide bonds. The largest absolute Gasteiger partial charge is 0.476 e. The summed E-state index contributed by atoms with van der Waals surface area (Å²) in [5, 5.41) is 15.4. The molecule has 1 N–H and O–H groups in total. The van der Waals surface area contributed by atoms with Crippen molar-refractivity contribution in [3.63, 3.8) is 0 Å². The van der Waals surface area contributed by atoms with Crippen molar-refractivity contribution >= 4 is 56.6 Å². The molecule has 11 heteroatoms. The first-order valence-corrected chi connectivity index (χ1v) is 14.3. The Bertz CT molecular complexity index is 1520. The molecule has 2 aliphatic carbocycles. The summed E-state index contributed by atoms with van der Waals surface area (Å²) in [5.41, 5.74) is 2.41. The summed E-state index contributed by atoms with van der Waals surface area (Å²) < 4.78 is 17.2. The summed E-state index contributed by atoms with van der Waals surface area (Å²) in [7, 11) is 0. The number of pyridine rings is 1. The fourth-order valence-electron chi connectivity index (χ4n) is 5.97. The lowest BCUT2D eigenvalue weighted by Crippen LogP contribution is -2.24. The molecule has 0 radical (unpaired) electrons. The van der Waals surface area contributed by atoms with Crippen molar-refractivity contribution in [2.24, 2.45) is 11.8 Å². The van der Waals surface area contributed by atoms with E-state index in [0.717, 1.165) is 60.6 Å². The van der Waals surface area contributed by atoms with Gasteiger partial charge in [0.25, 0.3) is 0 Å². The van der Waals surface area contributed by atoms with Gasteiger partial charge in [-0.05, 0) is 61.2 Å². The van der Waals surface area contributed by atoms with Crippen LogP contribution in [0.15, 0.2) is 35.0 Å². The van der Waals surface area contributed by atoms with Gasteiger partial charge < -0.3 is 19.3 Å². The first kappa shape index (κ1) is 24.3. The van der Waals surface area contributed by atoms with Crippen LogP contribution in [-0.2, 0) is 11.3 Å². The van der Waals surface area contributed by atoms with Crippen LogP contribution in [0.4, 0.5) is 5.82 Å². The standard InChI is InChI=1S/C27H24Cl2N4O4S/c28-19-2-1-3-20(29)23(19)24-18(26(37-31-24)13-4-5-13)12-36-16-6-14-10-33(11-15(14)7-16)22-8-21-17(9-30-22)25(27(34)35)32-38-21/h1-3,8-9,13-16H,4-7,10-12H2,(H,34,35)/t14-,15+,16+. The van der Waals surface area contributed by atoms with E-state index in [4.69, 9.17) is 32.5 Å². The van der Waals surface area contributed by atoms with Gasteiger partial charge in [-0.15, -0.1) is 0 Å². The van der Waals surface area contributed by atoms with Gasteiger partial charge in [0.1, 0.15) is 17.3 Å². The van der Waals surface area contributed by atoms with E-state index >= 15 is 0 Å². The normalized spacial score (nSPS) is 22.9. The molecule has 3 aliphatic rings. The molecule has 8 nitrogen and oxygen atoms in total. The monoisotopic (exact) mass is 570 g/mol. The Balaban J connectivity index is 1.03. The van der Waals surface area contributed by atoms with E-state index in [0.29, 0.717) is 51.0 Å². The number of carboxylic acids is 1. The Kier molecular flexibility index (Phi) is 6.07. The van der Waals surface area contributed by atoms with Gasteiger partial charge in [-0.25, -0.2) is 9.78 Å². The highest BCUT2D eigenvalue weighted by Gasteiger charge is 2.42. The molecule has 4 aromatic rings. The number of halogens is 2. The van der Waals surface area contributed by atoms with Crippen LogP contribution >= 0.6 is 34.7 Å². The van der Waals surface area contributed by atoms with Gasteiger partial charge in [-0.1, -0.05) is 34.4 Å². The highest BCUT2D eigenvalue weighted by Crippen LogP contribution is 2.47. The Hall–Kier alpha value is -2.72. The zero-order chi connectivity index (χ0) is 26.0. The summed E-state index contributed by atoms with van der Waals surface area (Å²) in [6, 6.07) is 7.41. The number of anilines is 1. The number of rotatable bonds is 7. The van der Waals surface area contributed by atoms with Gasteiger partial charge in [0.05, 0.1) is 27.5 Å². The second kappa shape index (κ2) is 9.48. The lowest BCUT2D eigenvalue weighted by Gasteiger charge is -2.20. The maximum atomic E-state index is 11.4. The zero-order valence-corrected chi connectivity index (χ0v) is 22.6. The third kappa shape index (κ3) is 4.25. The third-order valence-corrected chi connectivity index (χ3v) is 9.44. The zero-order valence-electron chi connectivity index (χ0n) is 20.3. The minimum absolute atomic E-state index is 0.0694. The van der Waals surface area contributed by atoms with Crippen LogP contribution in [0.25, 0.3) is 21.3 Å². The molecule has 1 saturated heterocycles. The summed E-state index contributed by atoms with van der Waals surface area (Å²) in [6.07, 6.45) is 5.97. The van der Waals surface area contributed by atoms with Gasteiger partial charge in [0.15, 0.2) is 5.69 Å². The molecule has 7 rings (SSSR count). The lowest BCUT2D eigenvalue weighted by molar-refractivity contribution is 0.0402. The van der Waals surface area contributed by atoms with E-state index in [1.54, 1.807) is 6.20 Å². The average molecular weight is 571 g/mol. The molecule has 4 heterocycles. The van der Waals surface area contributed by atoms with Gasteiger partial charge in [0, 0.05) is 47.8 Å². The molecule has 196 valence electrons. The van der Waals surface area contributed by atoms with E-state index in [1.807, 2.05) is 24.3 Å². The number of aromatic carboxylic acids is 1. The molecule has 3 fully saturated rings. The van der Waals surface area contributed by atoms with Crippen molar-refractivity contribution < 1.29 is 19.2 Å². The molecule has 2 saturated carbocycles. The predicted molar refractivity (Wildman–Crippen MR) is 145 cm³/mol. The SMILES string of the molecule is O=C(O)c1nsc2cc(N3C[C@H]4C[C@H](OCc5c(-c6c(Cl)cccc6Cl)noc5C5CC5)C[C@H]4C3)ncc12. The molecule has 0 bridgehead atoms. The maximum Gasteiger partial charge on any atom is 0.356 e. The maximum absolute atomic E-state index is 11.4. The fraction of sp³-hybridized carbons (Fsp3) is 0.407.